The van der Waals surface area contributed by atoms with Gasteiger partial charge in [0.05, 0.1) is 11.1 Å². The van der Waals surface area contributed by atoms with E-state index in [1.165, 1.54) is 11.9 Å². The summed E-state index contributed by atoms with van der Waals surface area (Å²) in [5, 5.41) is 0. The third kappa shape index (κ3) is 1.97. The molecule has 108 valence electrons. The minimum absolute atomic E-state index is 0.0116. The van der Waals surface area contributed by atoms with Gasteiger partial charge in [0.2, 0.25) is 5.91 Å². The number of amides is 5. The SMILES string of the molecule is CN1CC(=O)N(CCN2C(=O)c3ccccc3C2=O)C1=O. The highest BCUT2D eigenvalue weighted by Crippen LogP contribution is 2.22. The third-order valence-corrected chi connectivity index (χ3v) is 3.66. The predicted octanol–water partition coefficient (Wildman–Crippen LogP) is 0.177. The van der Waals surface area contributed by atoms with E-state index in [1.54, 1.807) is 24.3 Å². The second-order valence-electron chi connectivity index (χ2n) is 4.99. The molecule has 0 unspecified atom stereocenters. The molecule has 7 nitrogen and oxygen atoms in total. The van der Waals surface area contributed by atoms with Gasteiger partial charge in [0.15, 0.2) is 0 Å². The predicted molar refractivity (Wildman–Crippen MR) is 71.5 cm³/mol. The molecule has 1 fully saturated rings. The van der Waals surface area contributed by atoms with Crippen LogP contribution in [0, 0.1) is 0 Å². The highest BCUT2D eigenvalue weighted by Gasteiger charge is 2.38. The second kappa shape index (κ2) is 4.69. The molecule has 0 aromatic heterocycles. The Morgan fingerprint density at radius 1 is 0.905 bits per heavy atom. The molecule has 0 atom stereocenters. The molecule has 21 heavy (non-hydrogen) atoms. The van der Waals surface area contributed by atoms with Crippen LogP contribution in [-0.4, -0.2) is 65.1 Å². The molecule has 1 aromatic rings. The van der Waals surface area contributed by atoms with Crippen molar-refractivity contribution in [2.75, 3.05) is 26.7 Å². The molecule has 0 saturated carbocycles. The van der Waals surface area contributed by atoms with Crippen molar-refractivity contribution in [1.29, 1.82) is 0 Å². The maximum absolute atomic E-state index is 12.1. The lowest BCUT2D eigenvalue weighted by atomic mass is 10.1. The summed E-state index contributed by atoms with van der Waals surface area (Å²) in [7, 11) is 1.53. The Labute approximate surface area is 120 Å². The molecular formula is C14H13N3O4. The zero-order chi connectivity index (χ0) is 15.1. The maximum Gasteiger partial charge on any atom is 0.327 e. The number of likely N-dealkylation sites (N-methyl/N-ethyl adjacent to an activating group) is 1. The van der Waals surface area contributed by atoms with E-state index in [0.717, 1.165) is 9.80 Å². The Morgan fingerprint density at radius 3 is 1.90 bits per heavy atom. The summed E-state index contributed by atoms with van der Waals surface area (Å²) in [6.45, 7) is 0.0616. The molecule has 1 saturated heterocycles. The normalized spacial score (nSPS) is 18.0. The third-order valence-electron chi connectivity index (χ3n) is 3.66. The van der Waals surface area contributed by atoms with E-state index in [9.17, 15) is 19.2 Å². The van der Waals surface area contributed by atoms with E-state index >= 15 is 0 Å². The van der Waals surface area contributed by atoms with Gasteiger partial charge in [0.25, 0.3) is 11.8 Å². The van der Waals surface area contributed by atoms with Crippen molar-refractivity contribution >= 4 is 23.8 Å². The summed E-state index contributed by atoms with van der Waals surface area (Å²) in [6.07, 6.45) is 0. The van der Waals surface area contributed by atoms with E-state index in [0.29, 0.717) is 11.1 Å². The molecule has 0 radical (unpaired) electrons. The Morgan fingerprint density at radius 2 is 1.43 bits per heavy atom. The Bertz CT molecular complexity index is 635. The van der Waals surface area contributed by atoms with Crippen molar-refractivity contribution in [3.8, 4) is 0 Å². The lowest BCUT2D eigenvalue weighted by molar-refractivity contribution is -0.125. The van der Waals surface area contributed by atoms with Crippen LogP contribution in [0.2, 0.25) is 0 Å². The average molecular weight is 287 g/mol. The summed E-state index contributed by atoms with van der Waals surface area (Å²) >= 11 is 0. The van der Waals surface area contributed by atoms with Crippen LogP contribution in [-0.2, 0) is 4.79 Å². The largest absolute Gasteiger partial charge is 0.327 e. The van der Waals surface area contributed by atoms with Crippen molar-refractivity contribution in [3.05, 3.63) is 35.4 Å². The first-order valence-electron chi connectivity index (χ1n) is 6.51. The summed E-state index contributed by atoms with van der Waals surface area (Å²) in [4.78, 5) is 51.1. The van der Waals surface area contributed by atoms with E-state index < -0.39 is 6.03 Å². The molecule has 2 aliphatic rings. The van der Waals surface area contributed by atoms with Gasteiger partial charge < -0.3 is 4.90 Å². The van der Waals surface area contributed by atoms with Crippen molar-refractivity contribution < 1.29 is 19.2 Å². The maximum atomic E-state index is 12.1. The lowest BCUT2D eigenvalue weighted by Crippen LogP contribution is -2.41. The molecule has 2 heterocycles. The molecular weight excluding hydrogens is 274 g/mol. The first-order chi connectivity index (χ1) is 10.0. The fraction of sp³-hybridized carbons (Fsp3) is 0.286. The molecule has 0 bridgehead atoms. The lowest BCUT2D eigenvalue weighted by Gasteiger charge is -2.18. The van der Waals surface area contributed by atoms with Gasteiger partial charge in [-0.2, -0.15) is 0 Å². The fourth-order valence-electron chi connectivity index (χ4n) is 2.53. The highest BCUT2D eigenvalue weighted by molar-refractivity contribution is 6.21. The van der Waals surface area contributed by atoms with Crippen molar-refractivity contribution in [1.82, 2.24) is 14.7 Å². The molecule has 0 spiro atoms. The summed E-state index contributed by atoms with van der Waals surface area (Å²) < 4.78 is 0. The van der Waals surface area contributed by atoms with Gasteiger partial charge in [-0.15, -0.1) is 0 Å². The number of imide groups is 2. The smallest absolute Gasteiger partial charge is 0.318 e. The number of fused-ring (bicyclic) bond motifs is 1. The number of urea groups is 1. The molecule has 0 N–H and O–H groups in total. The molecule has 0 aliphatic carbocycles. The van der Waals surface area contributed by atoms with Gasteiger partial charge in [-0.05, 0) is 12.1 Å². The average Bonchev–Trinajstić information content (AvgIpc) is 2.86. The van der Waals surface area contributed by atoms with Crippen LogP contribution in [0.4, 0.5) is 4.79 Å². The second-order valence-corrected chi connectivity index (χ2v) is 4.99. The van der Waals surface area contributed by atoms with Crippen LogP contribution in [0.1, 0.15) is 20.7 Å². The Kier molecular flexibility index (Phi) is 2.97. The van der Waals surface area contributed by atoms with Crippen LogP contribution in [0.5, 0.6) is 0 Å². The molecule has 7 heteroatoms. The first-order valence-corrected chi connectivity index (χ1v) is 6.51. The number of hydrogen-bond donors (Lipinski definition) is 0. The van der Waals surface area contributed by atoms with Gasteiger partial charge in [-0.25, -0.2) is 4.79 Å². The summed E-state index contributed by atoms with van der Waals surface area (Å²) in [5.74, 6) is -1.09. The number of benzene rings is 1. The molecule has 2 aliphatic heterocycles. The van der Waals surface area contributed by atoms with Gasteiger partial charge in [-0.1, -0.05) is 12.1 Å². The number of rotatable bonds is 3. The van der Waals surface area contributed by atoms with Gasteiger partial charge in [0, 0.05) is 20.1 Å². The summed E-state index contributed by atoms with van der Waals surface area (Å²) in [5.41, 5.74) is 0.720. The summed E-state index contributed by atoms with van der Waals surface area (Å²) in [6, 6.07) is 6.16. The van der Waals surface area contributed by atoms with E-state index in [2.05, 4.69) is 0 Å². The monoisotopic (exact) mass is 287 g/mol. The quantitative estimate of drug-likeness (QED) is 0.587. The molecule has 5 amide bonds. The fourth-order valence-corrected chi connectivity index (χ4v) is 2.53. The van der Waals surface area contributed by atoms with E-state index in [-0.39, 0.29) is 37.4 Å². The number of carbonyl (C=O) groups is 4. The number of carbonyl (C=O) groups excluding carboxylic acids is 4. The van der Waals surface area contributed by atoms with E-state index in [4.69, 9.17) is 0 Å². The molecule has 1 aromatic carbocycles. The zero-order valence-corrected chi connectivity index (χ0v) is 11.4. The van der Waals surface area contributed by atoms with Crippen molar-refractivity contribution in [2.24, 2.45) is 0 Å². The zero-order valence-electron chi connectivity index (χ0n) is 11.4. The van der Waals surface area contributed by atoms with Gasteiger partial charge in [-0.3, -0.25) is 24.2 Å². The standard InChI is InChI=1S/C14H13N3O4/c1-15-8-11(18)16(14(15)21)6-7-17-12(19)9-4-2-3-5-10(9)13(17)20/h2-5H,6-8H2,1H3. The Balaban J connectivity index is 1.73. The van der Waals surface area contributed by atoms with Crippen LogP contribution in [0.15, 0.2) is 24.3 Å². The topological polar surface area (TPSA) is 78.0 Å². The van der Waals surface area contributed by atoms with Crippen LogP contribution in [0.3, 0.4) is 0 Å². The van der Waals surface area contributed by atoms with Crippen LogP contribution in [0.25, 0.3) is 0 Å². The van der Waals surface area contributed by atoms with Crippen LogP contribution < -0.4 is 0 Å². The number of hydrogen-bond acceptors (Lipinski definition) is 4. The van der Waals surface area contributed by atoms with Gasteiger partial charge in [0.1, 0.15) is 6.54 Å². The van der Waals surface area contributed by atoms with Gasteiger partial charge >= 0.3 is 6.03 Å². The number of nitrogens with zero attached hydrogens (tertiary/aromatic N) is 3. The molecule has 3 rings (SSSR count). The van der Waals surface area contributed by atoms with Crippen molar-refractivity contribution in [3.63, 3.8) is 0 Å². The minimum Gasteiger partial charge on any atom is -0.318 e. The Hall–Kier alpha value is -2.70. The van der Waals surface area contributed by atoms with Crippen LogP contribution >= 0.6 is 0 Å². The van der Waals surface area contributed by atoms with E-state index in [1.807, 2.05) is 0 Å². The van der Waals surface area contributed by atoms with Crippen molar-refractivity contribution in [2.45, 2.75) is 0 Å². The highest BCUT2D eigenvalue weighted by atomic mass is 16.2. The minimum atomic E-state index is -0.406. The first kappa shape index (κ1) is 13.3.